The summed E-state index contributed by atoms with van der Waals surface area (Å²) in [7, 11) is 0. The Bertz CT molecular complexity index is 479. The van der Waals surface area contributed by atoms with Crippen molar-refractivity contribution in [2.24, 2.45) is 0 Å². The molecule has 0 unspecified atom stereocenters. The third kappa shape index (κ3) is 4.30. The minimum absolute atomic E-state index is 0.130. The molecule has 108 valence electrons. The molecule has 2 N–H and O–H groups in total. The molecule has 1 fully saturated rings. The Hall–Kier alpha value is -1.42. The summed E-state index contributed by atoms with van der Waals surface area (Å²) in [6.07, 6.45) is 7.37. The molecule has 0 heterocycles. The predicted molar refractivity (Wildman–Crippen MR) is 85.9 cm³/mol. The summed E-state index contributed by atoms with van der Waals surface area (Å²) in [5.74, 6) is -0.130. The van der Waals surface area contributed by atoms with Crippen LogP contribution in [0.3, 0.4) is 0 Å². The molecule has 4 heteroatoms. The van der Waals surface area contributed by atoms with Crippen LogP contribution in [-0.2, 0) is 0 Å². The Kier molecular flexibility index (Phi) is 5.53. The number of benzene rings is 1. The van der Waals surface area contributed by atoms with E-state index < -0.39 is 0 Å². The Morgan fingerprint density at radius 1 is 1.15 bits per heavy atom. The molecule has 1 aromatic carbocycles. The van der Waals surface area contributed by atoms with Crippen LogP contribution in [0.5, 0.6) is 0 Å². The van der Waals surface area contributed by atoms with Gasteiger partial charge in [-0.05, 0) is 43.6 Å². The first-order valence-electron chi connectivity index (χ1n) is 7.34. The van der Waals surface area contributed by atoms with E-state index in [0.29, 0.717) is 16.7 Å². The van der Waals surface area contributed by atoms with Gasteiger partial charge >= 0.3 is 0 Å². The van der Waals surface area contributed by atoms with E-state index in [2.05, 4.69) is 10.6 Å². The zero-order chi connectivity index (χ0) is 14.4. The minimum atomic E-state index is -0.130. The Morgan fingerprint density at radius 3 is 2.45 bits per heavy atom. The van der Waals surface area contributed by atoms with E-state index in [-0.39, 0.29) is 5.91 Å². The van der Waals surface area contributed by atoms with Crippen molar-refractivity contribution in [1.82, 2.24) is 10.6 Å². The molecular weight excluding hydrogens is 268 g/mol. The molecule has 0 saturated heterocycles. The largest absolute Gasteiger partial charge is 0.360 e. The van der Waals surface area contributed by atoms with Crippen LogP contribution in [0.25, 0.3) is 0 Å². The first-order valence-corrected chi connectivity index (χ1v) is 7.75. The fourth-order valence-electron chi connectivity index (χ4n) is 2.64. The first-order chi connectivity index (χ1) is 9.66. The average Bonchev–Trinajstić information content (AvgIpc) is 2.67. The van der Waals surface area contributed by atoms with E-state index in [9.17, 15) is 4.79 Å². The molecule has 0 aromatic heterocycles. The van der Waals surface area contributed by atoms with E-state index in [1.807, 2.05) is 31.2 Å². The van der Waals surface area contributed by atoms with Gasteiger partial charge in [0.05, 0.1) is 0 Å². The molecule has 1 aliphatic carbocycles. The topological polar surface area (TPSA) is 41.1 Å². The lowest BCUT2D eigenvalue weighted by molar-refractivity contribution is 0.0976. The lowest BCUT2D eigenvalue weighted by atomic mass is 10.1. The normalized spacial score (nSPS) is 16.2. The number of carbonyl (C=O) groups excluding carboxylic acids is 1. The van der Waals surface area contributed by atoms with Crippen LogP contribution in [0.4, 0.5) is 0 Å². The van der Waals surface area contributed by atoms with E-state index >= 15 is 0 Å². The average molecular weight is 290 g/mol. The van der Waals surface area contributed by atoms with Crippen LogP contribution in [0, 0.1) is 6.92 Å². The van der Waals surface area contributed by atoms with E-state index in [4.69, 9.17) is 12.2 Å². The number of carbonyl (C=O) groups is 1. The van der Waals surface area contributed by atoms with Gasteiger partial charge in [-0.15, -0.1) is 0 Å². The quantitative estimate of drug-likeness (QED) is 0.648. The SMILES string of the molecule is Cc1ccccc1C(=O)NC(=S)NC1CCCCCC1. The molecule has 20 heavy (non-hydrogen) atoms. The number of amides is 1. The predicted octanol–water partition coefficient (Wildman–Crippen LogP) is 3.32. The van der Waals surface area contributed by atoms with Gasteiger partial charge in [-0.1, -0.05) is 43.9 Å². The van der Waals surface area contributed by atoms with Gasteiger partial charge in [-0.25, -0.2) is 0 Å². The van der Waals surface area contributed by atoms with Crippen LogP contribution in [-0.4, -0.2) is 17.1 Å². The standard InChI is InChI=1S/C16H22N2OS/c1-12-8-6-7-11-14(12)15(19)18-16(20)17-13-9-4-2-3-5-10-13/h6-8,11,13H,2-5,9-10H2,1H3,(H2,17,18,19,20). The van der Waals surface area contributed by atoms with Crippen molar-refractivity contribution in [3.8, 4) is 0 Å². The number of hydrogen-bond donors (Lipinski definition) is 2. The second-order valence-electron chi connectivity index (χ2n) is 5.43. The van der Waals surface area contributed by atoms with Gasteiger partial charge in [-0.2, -0.15) is 0 Å². The van der Waals surface area contributed by atoms with Gasteiger partial charge in [0.15, 0.2) is 5.11 Å². The molecular formula is C16H22N2OS. The third-order valence-electron chi connectivity index (χ3n) is 3.81. The molecule has 2 rings (SSSR count). The summed E-state index contributed by atoms with van der Waals surface area (Å²) in [6.45, 7) is 1.93. The summed E-state index contributed by atoms with van der Waals surface area (Å²) in [4.78, 5) is 12.1. The third-order valence-corrected chi connectivity index (χ3v) is 4.03. The van der Waals surface area contributed by atoms with Crippen molar-refractivity contribution in [2.45, 2.75) is 51.5 Å². The summed E-state index contributed by atoms with van der Waals surface area (Å²) in [5.41, 5.74) is 1.64. The number of hydrogen-bond acceptors (Lipinski definition) is 2. The molecule has 3 nitrogen and oxygen atoms in total. The molecule has 0 bridgehead atoms. The van der Waals surface area contributed by atoms with Gasteiger partial charge < -0.3 is 5.32 Å². The highest BCUT2D eigenvalue weighted by atomic mass is 32.1. The first kappa shape index (κ1) is 15.0. The maximum Gasteiger partial charge on any atom is 0.257 e. The molecule has 1 amide bonds. The second kappa shape index (κ2) is 7.39. The molecule has 0 radical (unpaired) electrons. The van der Waals surface area contributed by atoms with Crippen LogP contribution in [0.1, 0.15) is 54.4 Å². The van der Waals surface area contributed by atoms with Crippen molar-refractivity contribution < 1.29 is 4.79 Å². The van der Waals surface area contributed by atoms with Crippen LogP contribution >= 0.6 is 12.2 Å². The van der Waals surface area contributed by atoms with Gasteiger partial charge in [0.1, 0.15) is 0 Å². The van der Waals surface area contributed by atoms with Gasteiger partial charge in [0.2, 0.25) is 0 Å². The van der Waals surface area contributed by atoms with E-state index in [1.165, 1.54) is 25.7 Å². The van der Waals surface area contributed by atoms with Crippen molar-refractivity contribution in [1.29, 1.82) is 0 Å². The zero-order valence-corrected chi connectivity index (χ0v) is 12.8. The molecule has 0 spiro atoms. The van der Waals surface area contributed by atoms with Crippen LogP contribution < -0.4 is 10.6 Å². The summed E-state index contributed by atoms with van der Waals surface area (Å²) < 4.78 is 0. The molecule has 1 saturated carbocycles. The van der Waals surface area contributed by atoms with Crippen LogP contribution in [0.15, 0.2) is 24.3 Å². The van der Waals surface area contributed by atoms with Crippen molar-refractivity contribution >= 4 is 23.2 Å². The fraction of sp³-hybridized carbons (Fsp3) is 0.500. The second-order valence-corrected chi connectivity index (χ2v) is 5.84. The maximum atomic E-state index is 12.1. The van der Waals surface area contributed by atoms with Crippen molar-refractivity contribution in [2.75, 3.05) is 0 Å². The fourth-order valence-corrected chi connectivity index (χ4v) is 2.90. The number of aryl methyl sites for hydroxylation is 1. The molecule has 1 aliphatic rings. The summed E-state index contributed by atoms with van der Waals surface area (Å²) >= 11 is 5.26. The highest BCUT2D eigenvalue weighted by molar-refractivity contribution is 7.80. The lowest BCUT2D eigenvalue weighted by Crippen LogP contribution is -2.44. The van der Waals surface area contributed by atoms with Crippen molar-refractivity contribution in [3.63, 3.8) is 0 Å². The summed E-state index contributed by atoms with van der Waals surface area (Å²) in [5, 5.41) is 6.51. The minimum Gasteiger partial charge on any atom is -0.360 e. The van der Waals surface area contributed by atoms with Gasteiger partial charge in [0, 0.05) is 11.6 Å². The van der Waals surface area contributed by atoms with E-state index in [1.54, 1.807) is 0 Å². The highest BCUT2D eigenvalue weighted by Gasteiger charge is 2.15. The van der Waals surface area contributed by atoms with Crippen LogP contribution in [0.2, 0.25) is 0 Å². The number of rotatable bonds is 2. The van der Waals surface area contributed by atoms with Crippen molar-refractivity contribution in [3.05, 3.63) is 35.4 Å². The highest BCUT2D eigenvalue weighted by Crippen LogP contribution is 2.17. The summed E-state index contributed by atoms with van der Waals surface area (Å²) in [6, 6.07) is 7.94. The molecule has 0 atom stereocenters. The lowest BCUT2D eigenvalue weighted by Gasteiger charge is -2.18. The Labute approximate surface area is 126 Å². The number of thiocarbonyl (C=S) groups is 1. The van der Waals surface area contributed by atoms with Gasteiger partial charge in [0.25, 0.3) is 5.91 Å². The smallest absolute Gasteiger partial charge is 0.257 e. The maximum absolute atomic E-state index is 12.1. The number of nitrogens with one attached hydrogen (secondary N) is 2. The zero-order valence-electron chi connectivity index (χ0n) is 11.9. The monoisotopic (exact) mass is 290 g/mol. The molecule has 1 aromatic rings. The Balaban J connectivity index is 1.87. The Morgan fingerprint density at radius 2 is 1.80 bits per heavy atom. The molecule has 0 aliphatic heterocycles. The van der Waals surface area contributed by atoms with Gasteiger partial charge in [-0.3, -0.25) is 10.1 Å². The van der Waals surface area contributed by atoms with E-state index in [0.717, 1.165) is 18.4 Å².